The lowest BCUT2D eigenvalue weighted by Gasteiger charge is -2.10. The third-order valence-corrected chi connectivity index (χ3v) is 3.23. The lowest BCUT2D eigenvalue weighted by molar-refractivity contribution is 0.458. The lowest BCUT2D eigenvalue weighted by atomic mass is 10.1. The van der Waals surface area contributed by atoms with Crippen LogP contribution in [0.3, 0.4) is 0 Å². The smallest absolute Gasteiger partial charge is 0.238 e. The normalized spacial score (nSPS) is 10.3. The van der Waals surface area contributed by atoms with Crippen molar-refractivity contribution in [2.24, 2.45) is 0 Å². The second-order valence-corrected chi connectivity index (χ2v) is 5.09. The van der Waals surface area contributed by atoms with Crippen molar-refractivity contribution in [3.05, 3.63) is 40.1 Å². The van der Waals surface area contributed by atoms with Gasteiger partial charge in [-0.1, -0.05) is 6.07 Å². The maximum Gasteiger partial charge on any atom is 0.238 e. The molecule has 4 nitrogen and oxygen atoms in total. The van der Waals surface area contributed by atoms with Crippen LogP contribution in [0, 0.1) is 13.8 Å². The van der Waals surface area contributed by atoms with E-state index in [0.29, 0.717) is 5.88 Å². The number of nitrogens with one attached hydrogen (secondary N) is 1. The number of anilines is 1. The Balaban J connectivity index is 2.30. The van der Waals surface area contributed by atoms with E-state index in [9.17, 15) is 0 Å². The molecule has 0 saturated carbocycles. The van der Waals surface area contributed by atoms with Crippen LogP contribution in [0.5, 0.6) is 11.6 Å². The number of aromatic nitrogens is 2. The van der Waals surface area contributed by atoms with Gasteiger partial charge in [-0.2, -0.15) is 0 Å². The van der Waals surface area contributed by atoms with Gasteiger partial charge in [0.15, 0.2) is 0 Å². The number of hydrogen-bond acceptors (Lipinski definition) is 4. The highest BCUT2D eigenvalue weighted by molar-refractivity contribution is 9.10. The molecule has 0 saturated heterocycles. The molecule has 0 spiro atoms. The first-order valence-corrected chi connectivity index (χ1v) is 6.90. The molecule has 2 aromatic rings. The molecule has 100 valence electrons. The number of ether oxygens (including phenoxy) is 1. The minimum atomic E-state index is 0.510. The summed E-state index contributed by atoms with van der Waals surface area (Å²) in [5.74, 6) is 2.02. The summed E-state index contributed by atoms with van der Waals surface area (Å²) in [7, 11) is 0. The summed E-state index contributed by atoms with van der Waals surface area (Å²) >= 11 is 3.46. The van der Waals surface area contributed by atoms with Crippen LogP contribution in [0.15, 0.2) is 29.0 Å². The molecular formula is C14H16BrN3O. The van der Waals surface area contributed by atoms with E-state index in [2.05, 4.69) is 37.3 Å². The molecule has 5 heteroatoms. The highest BCUT2D eigenvalue weighted by Gasteiger charge is 2.10. The number of hydrogen-bond donors (Lipinski definition) is 1. The first-order chi connectivity index (χ1) is 9.10. The van der Waals surface area contributed by atoms with Crippen LogP contribution in [0.1, 0.15) is 18.1 Å². The van der Waals surface area contributed by atoms with Crippen LogP contribution in [0.4, 0.5) is 5.82 Å². The zero-order valence-electron chi connectivity index (χ0n) is 11.2. The fourth-order valence-electron chi connectivity index (χ4n) is 1.82. The van der Waals surface area contributed by atoms with Gasteiger partial charge in [-0.3, -0.25) is 0 Å². The molecule has 0 amide bonds. The average Bonchev–Trinajstić information content (AvgIpc) is 2.33. The quantitative estimate of drug-likeness (QED) is 0.921. The molecule has 1 heterocycles. The molecule has 0 aliphatic rings. The Hall–Kier alpha value is -1.62. The van der Waals surface area contributed by atoms with Gasteiger partial charge in [0.1, 0.15) is 22.4 Å². The van der Waals surface area contributed by atoms with Gasteiger partial charge in [0.25, 0.3) is 0 Å². The van der Waals surface area contributed by atoms with Gasteiger partial charge in [0, 0.05) is 6.54 Å². The highest BCUT2D eigenvalue weighted by Crippen LogP contribution is 2.32. The van der Waals surface area contributed by atoms with Crippen molar-refractivity contribution >= 4 is 21.7 Å². The molecule has 0 radical (unpaired) electrons. The molecule has 0 bridgehead atoms. The van der Waals surface area contributed by atoms with Crippen LogP contribution >= 0.6 is 15.9 Å². The summed E-state index contributed by atoms with van der Waals surface area (Å²) in [6.07, 6.45) is 1.49. The standard InChI is InChI=1S/C14H16BrN3O/c1-4-16-13-12(15)14(18-8-17-13)19-11-6-9(2)5-10(3)7-11/h5-8H,4H2,1-3H3,(H,16,17,18). The Morgan fingerprint density at radius 3 is 2.47 bits per heavy atom. The molecule has 0 fully saturated rings. The van der Waals surface area contributed by atoms with Crippen LogP contribution in [-0.2, 0) is 0 Å². The van der Waals surface area contributed by atoms with Crippen LogP contribution in [-0.4, -0.2) is 16.5 Å². The number of rotatable bonds is 4. The third kappa shape index (κ3) is 3.44. The van der Waals surface area contributed by atoms with E-state index in [-0.39, 0.29) is 0 Å². The van der Waals surface area contributed by atoms with E-state index in [4.69, 9.17) is 4.74 Å². The first kappa shape index (κ1) is 13.8. The van der Waals surface area contributed by atoms with Gasteiger partial charge in [0.2, 0.25) is 5.88 Å². The summed E-state index contributed by atoms with van der Waals surface area (Å²) in [5, 5.41) is 3.15. The van der Waals surface area contributed by atoms with Gasteiger partial charge < -0.3 is 10.1 Å². The fourth-order valence-corrected chi connectivity index (χ4v) is 2.24. The van der Waals surface area contributed by atoms with Crippen molar-refractivity contribution in [3.8, 4) is 11.6 Å². The summed E-state index contributed by atoms with van der Waals surface area (Å²) < 4.78 is 6.55. The molecule has 1 aromatic carbocycles. The topological polar surface area (TPSA) is 47.0 Å². The van der Waals surface area contributed by atoms with Crippen molar-refractivity contribution in [3.63, 3.8) is 0 Å². The molecule has 0 unspecified atom stereocenters. The predicted molar refractivity (Wildman–Crippen MR) is 79.9 cm³/mol. The van der Waals surface area contributed by atoms with Crippen molar-refractivity contribution in [2.75, 3.05) is 11.9 Å². The summed E-state index contributed by atoms with van der Waals surface area (Å²) in [6, 6.07) is 6.06. The number of aryl methyl sites for hydroxylation is 2. The summed E-state index contributed by atoms with van der Waals surface area (Å²) in [4.78, 5) is 8.31. The summed E-state index contributed by atoms with van der Waals surface area (Å²) in [6.45, 7) is 6.88. The Kier molecular flexibility index (Phi) is 4.37. The van der Waals surface area contributed by atoms with E-state index in [1.807, 2.05) is 32.9 Å². The van der Waals surface area contributed by atoms with Gasteiger partial charge in [0.05, 0.1) is 0 Å². The van der Waals surface area contributed by atoms with E-state index in [0.717, 1.165) is 33.7 Å². The van der Waals surface area contributed by atoms with E-state index in [1.165, 1.54) is 6.33 Å². The van der Waals surface area contributed by atoms with Crippen LogP contribution in [0.2, 0.25) is 0 Å². The molecule has 0 aliphatic carbocycles. The molecule has 0 aliphatic heterocycles. The SMILES string of the molecule is CCNc1ncnc(Oc2cc(C)cc(C)c2)c1Br. The van der Waals surface area contributed by atoms with Gasteiger partial charge in [-0.15, -0.1) is 0 Å². The van der Waals surface area contributed by atoms with E-state index >= 15 is 0 Å². The highest BCUT2D eigenvalue weighted by atomic mass is 79.9. The number of benzene rings is 1. The Labute approximate surface area is 121 Å². The lowest BCUT2D eigenvalue weighted by Crippen LogP contribution is -2.02. The van der Waals surface area contributed by atoms with Gasteiger partial charge >= 0.3 is 0 Å². The van der Waals surface area contributed by atoms with Crippen LogP contribution < -0.4 is 10.1 Å². The van der Waals surface area contributed by atoms with Crippen molar-refractivity contribution in [1.82, 2.24) is 9.97 Å². The first-order valence-electron chi connectivity index (χ1n) is 6.10. The van der Waals surface area contributed by atoms with Gasteiger partial charge in [-0.25, -0.2) is 9.97 Å². The van der Waals surface area contributed by atoms with Crippen LogP contribution in [0.25, 0.3) is 0 Å². The number of halogens is 1. The van der Waals surface area contributed by atoms with Crippen molar-refractivity contribution in [2.45, 2.75) is 20.8 Å². The molecular weight excluding hydrogens is 306 g/mol. The maximum absolute atomic E-state index is 5.82. The average molecular weight is 322 g/mol. The van der Waals surface area contributed by atoms with E-state index in [1.54, 1.807) is 0 Å². The molecule has 2 rings (SSSR count). The molecule has 1 aromatic heterocycles. The number of nitrogens with zero attached hydrogens (tertiary/aromatic N) is 2. The molecule has 1 N–H and O–H groups in total. The zero-order valence-corrected chi connectivity index (χ0v) is 12.8. The second kappa shape index (κ2) is 6.02. The Morgan fingerprint density at radius 2 is 1.84 bits per heavy atom. The summed E-state index contributed by atoms with van der Waals surface area (Å²) in [5.41, 5.74) is 2.32. The minimum absolute atomic E-state index is 0.510. The zero-order chi connectivity index (χ0) is 13.8. The Bertz CT molecular complexity index is 567. The third-order valence-electron chi connectivity index (χ3n) is 2.51. The van der Waals surface area contributed by atoms with Gasteiger partial charge in [-0.05, 0) is 60.0 Å². The molecule has 0 atom stereocenters. The monoisotopic (exact) mass is 321 g/mol. The maximum atomic E-state index is 5.82. The Morgan fingerprint density at radius 1 is 1.16 bits per heavy atom. The molecule has 19 heavy (non-hydrogen) atoms. The fraction of sp³-hybridized carbons (Fsp3) is 0.286. The van der Waals surface area contributed by atoms with Crippen molar-refractivity contribution < 1.29 is 4.74 Å². The second-order valence-electron chi connectivity index (χ2n) is 4.30. The van der Waals surface area contributed by atoms with Crippen molar-refractivity contribution in [1.29, 1.82) is 0 Å². The van der Waals surface area contributed by atoms with E-state index < -0.39 is 0 Å². The predicted octanol–water partition coefficient (Wildman–Crippen LogP) is 4.08. The minimum Gasteiger partial charge on any atom is -0.438 e. The largest absolute Gasteiger partial charge is 0.438 e.